The highest BCUT2D eigenvalue weighted by Gasteiger charge is 2.20. The molecule has 0 bridgehead atoms. The topological polar surface area (TPSA) is 95.9 Å². The Hall–Kier alpha value is -1.92. The maximum atomic E-state index is 12.5. The first-order chi connectivity index (χ1) is 34.0. The summed E-state index contributed by atoms with van der Waals surface area (Å²) in [7, 11) is 0. The van der Waals surface area contributed by atoms with Gasteiger partial charge in [0.25, 0.3) is 0 Å². The van der Waals surface area contributed by atoms with Gasteiger partial charge in [-0.25, -0.2) is 0 Å². The Morgan fingerprint density at radius 3 is 1.13 bits per heavy atom. The van der Waals surface area contributed by atoms with E-state index in [0.29, 0.717) is 25.9 Å². The van der Waals surface area contributed by atoms with Gasteiger partial charge in [-0.2, -0.15) is 0 Å². The molecule has 0 spiro atoms. The summed E-state index contributed by atoms with van der Waals surface area (Å²) in [6, 6.07) is -0.546. The molecule has 3 N–H and O–H groups in total. The zero-order valence-corrected chi connectivity index (χ0v) is 46.3. The number of hydrogen-bond donors (Lipinski definition) is 3. The number of carbonyl (C=O) groups is 2. The van der Waals surface area contributed by atoms with Crippen molar-refractivity contribution < 1.29 is 24.5 Å². The molecule has 0 aromatic carbocycles. The SMILES string of the molecule is CCCCCC/C=C\CCCCCCCC(=O)OCC/C=C\C/C=C\CCCCCCCCCCCCCCCCC(=O)NC(CO)C(O)CCCCCCCCCCCCCCCCCCCC. The van der Waals surface area contributed by atoms with Gasteiger partial charge < -0.3 is 20.3 Å². The fourth-order valence-corrected chi connectivity index (χ4v) is 9.47. The van der Waals surface area contributed by atoms with Crippen molar-refractivity contribution in [3.8, 4) is 0 Å². The van der Waals surface area contributed by atoms with E-state index in [2.05, 4.69) is 55.6 Å². The van der Waals surface area contributed by atoms with Gasteiger partial charge in [0.15, 0.2) is 0 Å². The van der Waals surface area contributed by atoms with Crippen molar-refractivity contribution in [1.82, 2.24) is 5.32 Å². The van der Waals surface area contributed by atoms with Crippen LogP contribution in [0.3, 0.4) is 0 Å². The van der Waals surface area contributed by atoms with E-state index in [9.17, 15) is 19.8 Å². The predicted octanol–water partition coefficient (Wildman–Crippen LogP) is 19.2. The predicted molar refractivity (Wildman–Crippen MR) is 301 cm³/mol. The Morgan fingerprint density at radius 2 is 0.725 bits per heavy atom. The van der Waals surface area contributed by atoms with Crippen molar-refractivity contribution >= 4 is 11.9 Å². The van der Waals surface area contributed by atoms with E-state index in [-0.39, 0.29) is 18.5 Å². The summed E-state index contributed by atoms with van der Waals surface area (Å²) in [4.78, 5) is 24.5. The second kappa shape index (κ2) is 58.6. The molecule has 2 unspecified atom stereocenters. The molecule has 6 nitrogen and oxygen atoms in total. The van der Waals surface area contributed by atoms with Crippen LogP contribution >= 0.6 is 0 Å². The lowest BCUT2D eigenvalue weighted by molar-refractivity contribution is -0.143. The number of allylic oxidation sites excluding steroid dienone is 5. The molecule has 0 aliphatic heterocycles. The van der Waals surface area contributed by atoms with E-state index in [1.165, 1.54) is 244 Å². The van der Waals surface area contributed by atoms with Crippen LogP contribution in [0.25, 0.3) is 0 Å². The second-order valence-corrected chi connectivity index (χ2v) is 21.0. The highest BCUT2D eigenvalue weighted by molar-refractivity contribution is 5.76. The Labute approximate surface area is 430 Å². The maximum absolute atomic E-state index is 12.5. The molecule has 1 amide bonds. The number of nitrogens with one attached hydrogen (secondary N) is 1. The molecule has 0 saturated carbocycles. The number of ether oxygens (including phenoxy) is 1. The molecule has 0 aromatic rings. The monoisotopic (exact) mass is 970 g/mol. The number of aliphatic hydroxyl groups is 2. The zero-order valence-electron chi connectivity index (χ0n) is 46.3. The lowest BCUT2D eigenvalue weighted by Gasteiger charge is -2.22. The lowest BCUT2D eigenvalue weighted by atomic mass is 10.0. The Bertz CT molecular complexity index is 1120. The van der Waals surface area contributed by atoms with Crippen LogP contribution in [-0.2, 0) is 14.3 Å². The molecule has 0 rings (SSSR count). The molecule has 2 atom stereocenters. The third-order valence-corrected chi connectivity index (χ3v) is 14.2. The van der Waals surface area contributed by atoms with Crippen LogP contribution in [0.5, 0.6) is 0 Å². The fraction of sp³-hybridized carbons (Fsp3) is 0.873. The average molecular weight is 971 g/mol. The Kier molecular flexibility index (Phi) is 57.0. The summed E-state index contributed by atoms with van der Waals surface area (Å²) in [5.41, 5.74) is 0. The minimum Gasteiger partial charge on any atom is -0.465 e. The summed E-state index contributed by atoms with van der Waals surface area (Å²) in [6.07, 6.45) is 73.1. The third-order valence-electron chi connectivity index (χ3n) is 14.2. The first-order valence-corrected chi connectivity index (χ1v) is 30.7. The Morgan fingerprint density at radius 1 is 0.406 bits per heavy atom. The molecule has 0 heterocycles. The van der Waals surface area contributed by atoms with Crippen LogP contribution < -0.4 is 5.32 Å². The van der Waals surface area contributed by atoms with Gasteiger partial charge in [0.1, 0.15) is 0 Å². The first-order valence-electron chi connectivity index (χ1n) is 30.7. The number of rotatable bonds is 57. The van der Waals surface area contributed by atoms with E-state index in [1.54, 1.807) is 0 Å². The van der Waals surface area contributed by atoms with Crippen LogP contribution in [0.2, 0.25) is 0 Å². The number of amides is 1. The molecule has 6 heteroatoms. The van der Waals surface area contributed by atoms with E-state index in [1.807, 2.05) is 0 Å². The fourth-order valence-electron chi connectivity index (χ4n) is 9.47. The summed E-state index contributed by atoms with van der Waals surface area (Å²) in [6.45, 7) is 4.84. The van der Waals surface area contributed by atoms with E-state index in [4.69, 9.17) is 4.74 Å². The molecule has 0 aliphatic carbocycles. The third kappa shape index (κ3) is 55.2. The zero-order chi connectivity index (χ0) is 50.0. The standard InChI is InChI=1S/C63H119NO5/c1-3-5-7-9-11-13-15-17-18-19-25-28-32-35-39-43-47-51-55-61(66)60(59-65)64-62(67)56-52-48-44-40-36-33-29-26-23-21-20-22-24-27-30-34-38-42-46-50-54-58-69-63(68)57-53-49-45-41-37-31-16-14-12-10-8-6-4-2/h14,16,34,38,46,50,60-61,65-66H,3-13,15,17-33,35-37,39-45,47-49,51-59H2,1-2H3,(H,64,67)/b16-14-,38-34-,50-46-. The van der Waals surface area contributed by atoms with Crippen molar-refractivity contribution in [3.05, 3.63) is 36.5 Å². The highest BCUT2D eigenvalue weighted by Crippen LogP contribution is 2.17. The van der Waals surface area contributed by atoms with Crippen LogP contribution in [-0.4, -0.2) is 47.4 Å². The van der Waals surface area contributed by atoms with Crippen molar-refractivity contribution in [2.75, 3.05) is 13.2 Å². The molecule has 0 aliphatic rings. The quantitative estimate of drug-likeness (QED) is 0.0321. The van der Waals surface area contributed by atoms with Crippen LogP contribution in [0.4, 0.5) is 0 Å². The Balaban J connectivity index is 3.46. The number of esters is 1. The van der Waals surface area contributed by atoms with Crippen molar-refractivity contribution in [2.24, 2.45) is 0 Å². The van der Waals surface area contributed by atoms with Crippen molar-refractivity contribution in [3.63, 3.8) is 0 Å². The van der Waals surface area contributed by atoms with Gasteiger partial charge in [-0.05, 0) is 70.6 Å². The highest BCUT2D eigenvalue weighted by atomic mass is 16.5. The number of unbranched alkanes of at least 4 members (excludes halogenated alkanes) is 40. The number of aliphatic hydroxyl groups excluding tert-OH is 2. The normalized spacial score (nSPS) is 12.8. The molecule has 69 heavy (non-hydrogen) atoms. The lowest BCUT2D eigenvalue weighted by Crippen LogP contribution is -2.45. The smallest absolute Gasteiger partial charge is 0.305 e. The molecule has 0 fully saturated rings. The van der Waals surface area contributed by atoms with Gasteiger partial charge in [0.2, 0.25) is 5.91 Å². The first kappa shape index (κ1) is 67.1. The maximum Gasteiger partial charge on any atom is 0.305 e. The molecule has 0 aromatic heterocycles. The minimum atomic E-state index is -0.669. The van der Waals surface area contributed by atoms with Gasteiger partial charge in [-0.1, -0.05) is 281 Å². The van der Waals surface area contributed by atoms with Crippen LogP contribution in [0.1, 0.15) is 328 Å². The largest absolute Gasteiger partial charge is 0.465 e. The van der Waals surface area contributed by atoms with Gasteiger partial charge >= 0.3 is 5.97 Å². The minimum absolute atomic E-state index is 0.0377. The molecular weight excluding hydrogens is 851 g/mol. The van der Waals surface area contributed by atoms with Crippen LogP contribution in [0, 0.1) is 0 Å². The van der Waals surface area contributed by atoms with E-state index < -0.39 is 12.1 Å². The second-order valence-electron chi connectivity index (χ2n) is 21.0. The summed E-state index contributed by atoms with van der Waals surface area (Å²) in [5.74, 6) is -0.0820. The van der Waals surface area contributed by atoms with Crippen LogP contribution in [0.15, 0.2) is 36.5 Å². The van der Waals surface area contributed by atoms with E-state index in [0.717, 1.165) is 51.4 Å². The molecular formula is C63H119NO5. The van der Waals surface area contributed by atoms with Gasteiger partial charge in [-0.15, -0.1) is 0 Å². The average Bonchev–Trinajstić information content (AvgIpc) is 3.35. The van der Waals surface area contributed by atoms with Crippen molar-refractivity contribution in [2.45, 2.75) is 341 Å². The summed E-state index contributed by atoms with van der Waals surface area (Å²) >= 11 is 0. The summed E-state index contributed by atoms with van der Waals surface area (Å²) in [5, 5.41) is 23.3. The van der Waals surface area contributed by atoms with Gasteiger partial charge in [-0.3, -0.25) is 9.59 Å². The molecule has 0 saturated heterocycles. The molecule has 0 radical (unpaired) electrons. The van der Waals surface area contributed by atoms with E-state index >= 15 is 0 Å². The summed E-state index contributed by atoms with van der Waals surface area (Å²) < 4.78 is 5.40. The van der Waals surface area contributed by atoms with Gasteiger partial charge in [0.05, 0.1) is 25.4 Å². The van der Waals surface area contributed by atoms with Gasteiger partial charge in [0, 0.05) is 12.8 Å². The van der Waals surface area contributed by atoms with Crippen molar-refractivity contribution in [1.29, 1.82) is 0 Å². The molecule has 406 valence electrons. The number of carbonyl (C=O) groups excluding carboxylic acids is 2. The number of hydrogen-bond acceptors (Lipinski definition) is 5.